The quantitative estimate of drug-likeness (QED) is 0.715. The summed E-state index contributed by atoms with van der Waals surface area (Å²) in [5, 5.41) is 14.3. The van der Waals surface area contributed by atoms with Crippen LogP contribution in [0.2, 0.25) is 0 Å². The summed E-state index contributed by atoms with van der Waals surface area (Å²) in [7, 11) is 0. The summed E-state index contributed by atoms with van der Waals surface area (Å²) < 4.78 is 5.13. The van der Waals surface area contributed by atoms with Crippen molar-refractivity contribution in [1.29, 1.82) is 0 Å². The number of carbonyl (C=O) groups is 1. The number of hydrogen-bond donors (Lipinski definition) is 1. The van der Waals surface area contributed by atoms with Crippen molar-refractivity contribution in [3.63, 3.8) is 0 Å². The molecule has 2 aromatic heterocycles. The molecular formula is C13H11N5O2. The van der Waals surface area contributed by atoms with Gasteiger partial charge in [0.1, 0.15) is 16.8 Å². The summed E-state index contributed by atoms with van der Waals surface area (Å²) in [5.41, 5.74) is 3.04. The first-order valence-electron chi connectivity index (χ1n) is 6.33. The third kappa shape index (κ3) is 1.67. The fourth-order valence-electron chi connectivity index (χ4n) is 2.47. The predicted octanol–water partition coefficient (Wildman–Crippen LogP) is 1.14. The Balaban J connectivity index is 1.64. The van der Waals surface area contributed by atoms with Gasteiger partial charge in [0.15, 0.2) is 0 Å². The van der Waals surface area contributed by atoms with Crippen LogP contribution in [0.1, 0.15) is 21.7 Å². The van der Waals surface area contributed by atoms with Gasteiger partial charge in [0, 0.05) is 24.1 Å². The first-order valence-corrected chi connectivity index (χ1v) is 6.33. The van der Waals surface area contributed by atoms with Crippen molar-refractivity contribution in [3.8, 4) is 0 Å². The molecule has 0 aliphatic carbocycles. The highest BCUT2D eigenvalue weighted by Crippen LogP contribution is 2.21. The Kier molecular flexibility index (Phi) is 2.32. The molecule has 0 saturated heterocycles. The number of fused-ring (bicyclic) bond motifs is 2. The van der Waals surface area contributed by atoms with Gasteiger partial charge in [-0.2, -0.15) is 15.4 Å². The number of benzene rings is 1. The van der Waals surface area contributed by atoms with Crippen LogP contribution in [-0.4, -0.2) is 37.9 Å². The average Bonchev–Trinajstić information content (AvgIpc) is 3.13. The highest BCUT2D eigenvalue weighted by atomic mass is 16.5. The number of hydrogen-bond acceptors (Lipinski definition) is 5. The van der Waals surface area contributed by atoms with Crippen LogP contribution in [-0.2, 0) is 13.0 Å². The number of amides is 1. The van der Waals surface area contributed by atoms with Gasteiger partial charge in [-0.05, 0) is 18.2 Å². The maximum absolute atomic E-state index is 12.5. The van der Waals surface area contributed by atoms with E-state index in [4.69, 9.17) is 4.52 Å². The molecule has 100 valence electrons. The molecule has 3 aromatic rings. The Bertz CT molecular complexity index is 791. The third-order valence-corrected chi connectivity index (χ3v) is 3.55. The van der Waals surface area contributed by atoms with Gasteiger partial charge in [-0.1, -0.05) is 5.16 Å². The van der Waals surface area contributed by atoms with E-state index < -0.39 is 0 Å². The number of carbonyl (C=O) groups excluding carboxylic acids is 1. The Labute approximate surface area is 113 Å². The molecule has 7 heteroatoms. The van der Waals surface area contributed by atoms with Crippen LogP contribution in [0, 0.1) is 0 Å². The summed E-state index contributed by atoms with van der Waals surface area (Å²) in [6.45, 7) is 1.17. The SMILES string of the molecule is O=C(c1ccc2n[nH]nc2c1)N1CCc2oncc2C1. The van der Waals surface area contributed by atoms with Crippen LogP contribution in [0.5, 0.6) is 0 Å². The van der Waals surface area contributed by atoms with E-state index in [2.05, 4.69) is 20.6 Å². The molecule has 1 amide bonds. The van der Waals surface area contributed by atoms with E-state index in [-0.39, 0.29) is 5.91 Å². The molecule has 0 atom stereocenters. The maximum Gasteiger partial charge on any atom is 0.254 e. The average molecular weight is 269 g/mol. The fourth-order valence-corrected chi connectivity index (χ4v) is 2.47. The lowest BCUT2D eigenvalue weighted by molar-refractivity contribution is 0.0729. The van der Waals surface area contributed by atoms with Gasteiger partial charge < -0.3 is 9.42 Å². The molecule has 0 fully saturated rings. The lowest BCUT2D eigenvalue weighted by Crippen LogP contribution is -2.35. The molecule has 7 nitrogen and oxygen atoms in total. The van der Waals surface area contributed by atoms with Crippen LogP contribution >= 0.6 is 0 Å². The summed E-state index contributed by atoms with van der Waals surface area (Å²) in [6.07, 6.45) is 2.38. The molecular weight excluding hydrogens is 258 g/mol. The molecule has 0 radical (unpaired) electrons. The minimum absolute atomic E-state index is 0.0123. The van der Waals surface area contributed by atoms with E-state index in [0.29, 0.717) is 30.6 Å². The Hall–Kier alpha value is -2.70. The van der Waals surface area contributed by atoms with Crippen molar-refractivity contribution in [1.82, 2.24) is 25.5 Å². The Morgan fingerprint density at radius 3 is 3.15 bits per heavy atom. The van der Waals surface area contributed by atoms with Crippen molar-refractivity contribution >= 4 is 16.9 Å². The predicted molar refractivity (Wildman–Crippen MR) is 68.8 cm³/mol. The topological polar surface area (TPSA) is 87.9 Å². The number of nitrogens with one attached hydrogen (secondary N) is 1. The molecule has 1 aliphatic heterocycles. The zero-order valence-electron chi connectivity index (χ0n) is 10.5. The molecule has 4 rings (SSSR count). The van der Waals surface area contributed by atoms with Crippen molar-refractivity contribution < 1.29 is 9.32 Å². The van der Waals surface area contributed by atoms with Crippen molar-refractivity contribution in [2.45, 2.75) is 13.0 Å². The van der Waals surface area contributed by atoms with Crippen LogP contribution in [0.15, 0.2) is 28.9 Å². The maximum atomic E-state index is 12.5. The lowest BCUT2D eigenvalue weighted by atomic mass is 10.1. The van der Waals surface area contributed by atoms with E-state index in [1.165, 1.54) is 0 Å². The molecule has 0 spiro atoms. The van der Waals surface area contributed by atoms with E-state index in [1.54, 1.807) is 29.3 Å². The van der Waals surface area contributed by atoms with Gasteiger partial charge in [0.2, 0.25) is 0 Å². The van der Waals surface area contributed by atoms with Crippen molar-refractivity contribution in [3.05, 3.63) is 41.3 Å². The van der Waals surface area contributed by atoms with Gasteiger partial charge in [0.25, 0.3) is 5.91 Å². The number of aromatic amines is 1. The molecule has 0 unspecified atom stereocenters. The Morgan fingerprint density at radius 2 is 2.20 bits per heavy atom. The van der Waals surface area contributed by atoms with E-state index >= 15 is 0 Å². The van der Waals surface area contributed by atoms with Crippen LogP contribution in [0.25, 0.3) is 11.0 Å². The van der Waals surface area contributed by atoms with E-state index in [9.17, 15) is 4.79 Å². The van der Waals surface area contributed by atoms with Gasteiger partial charge in [-0.25, -0.2) is 0 Å². The second kappa shape index (κ2) is 4.16. The van der Waals surface area contributed by atoms with Crippen LogP contribution in [0.3, 0.4) is 0 Å². The second-order valence-electron chi connectivity index (χ2n) is 4.78. The first-order chi connectivity index (χ1) is 9.81. The zero-order valence-corrected chi connectivity index (χ0v) is 10.5. The zero-order chi connectivity index (χ0) is 13.5. The van der Waals surface area contributed by atoms with Crippen LogP contribution < -0.4 is 0 Å². The number of aromatic nitrogens is 4. The summed E-state index contributed by atoms with van der Waals surface area (Å²) in [5.74, 6) is 0.864. The minimum Gasteiger partial charge on any atom is -0.361 e. The highest BCUT2D eigenvalue weighted by molar-refractivity contribution is 5.97. The van der Waals surface area contributed by atoms with Crippen molar-refractivity contribution in [2.24, 2.45) is 0 Å². The molecule has 0 saturated carbocycles. The molecule has 20 heavy (non-hydrogen) atoms. The molecule has 1 aliphatic rings. The van der Waals surface area contributed by atoms with Gasteiger partial charge >= 0.3 is 0 Å². The smallest absolute Gasteiger partial charge is 0.254 e. The summed E-state index contributed by atoms with van der Waals surface area (Å²) in [6, 6.07) is 5.32. The minimum atomic E-state index is -0.0123. The lowest BCUT2D eigenvalue weighted by Gasteiger charge is -2.25. The van der Waals surface area contributed by atoms with E-state index in [0.717, 1.165) is 16.8 Å². The van der Waals surface area contributed by atoms with E-state index in [1.807, 2.05) is 0 Å². The normalized spacial score (nSPS) is 14.5. The molecule has 0 bridgehead atoms. The molecule has 1 aromatic carbocycles. The standard InChI is InChI=1S/C13H11N5O2/c19-13(8-1-2-10-11(5-8)16-17-15-10)18-4-3-12-9(7-18)6-14-20-12/h1-2,5-6H,3-4,7H2,(H,15,16,17). The third-order valence-electron chi connectivity index (χ3n) is 3.55. The van der Waals surface area contributed by atoms with Crippen LogP contribution in [0.4, 0.5) is 0 Å². The number of rotatable bonds is 1. The molecule has 3 heterocycles. The highest BCUT2D eigenvalue weighted by Gasteiger charge is 2.24. The summed E-state index contributed by atoms with van der Waals surface area (Å²) >= 11 is 0. The Morgan fingerprint density at radius 1 is 1.30 bits per heavy atom. The van der Waals surface area contributed by atoms with Gasteiger partial charge in [0.05, 0.1) is 12.7 Å². The van der Waals surface area contributed by atoms with Crippen molar-refractivity contribution in [2.75, 3.05) is 6.54 Å². The number of nitrogens with zero attached hydrogens (tertiary/aromatic N) is 4. The second-order valence-corrected chi connectivity index (χ2v) is 4.78. The first kappa shape index (κ1) is 11.2. The fraction of sp³-hybridized carbons (Fsp3) is 0.231. The largest absolute Gasteiger partial charge is 0.361 e. The number of H-pyrrole nitrogens is 1. The van der Waals surface area contributed by atoms with Gasteiger partial charge in [-0.15, -0.1) is 0 Å². The van der Waals surface area contributed by atoms with Gasteiger partial charge in [-0.3, -0.25) is 4.79 Å². The molecule has 1 N–H and O–H groups in total. The monoisotopic (exact) mass is 269 g/mol. The summed E-state index contributed by atoms with van der Waals surface area (Å²) in [4.78, 5) is 14.3.